The van der Waals surface area contributed by atoms with E-state index in [1.54, 1.807) is 0 Å². The van der Waals surface area contributed by atoms with Gasteiger partial charge >= 0.3 is 0 Å². The summed E-state index contributed by atoms with van der Waals surface area (Å²) in [5.74, 6) is -0.391. The normalized spacial score (nSPS) is 9.76. The van der Waals surface area contributed by atoms with Crippen molar-refractivity contribution in [2.24, 2.45) is 0 Å². The van der Waals surface area contributed by atoms with Gasteiger partial charge in [0.25, 0.3) is 0 Å². The maximum atomic E-state index is 12.9. The van der Waals surface area contributed by atoms with Crippen molar-refractivity contribution < 1.29 is 9.18 Å². The third-order valence-corrected chi connectivity index (χ3v) is 3.39. The molecule has 7 heteroatoms. The number of anilines is 1. The molecule has 0 bridgehead atoms. The number of nitrogens with zero attached hydrogens (tertiary/aromatic N) is 1. The number of benzene rings is 1. The summed E-state index contributed by atoms with van der Waals surface area (Å²) in [5, 5.41) is 11.0. The summed E-state index contributed by atoms with van der Waals surface area (Å²) in [7, 11) is 0. The van der Waals surface area contributed by atoms with Crippen LogP contribution >= 0.6 is 39.3 Å². The molecule has 0 atom stereocenters. The van der Waals surface area contributed by atoms with Crippen molar-refractivity contribution in [2.75, 3.05) is 16.8 Å². The zero-order chi connectivity index (χ0) is 12.8. The first-order chi connectivity index (χ1) is 8.04. The fourth-order valence-corrected chi connectivity index (χ4v) is 2.38. The number of carbonyl (C=O) groups excluding carboxylic acids is 1. The Balaban J connectivity index is 2.69. The molecule has 0 aliphatic rings. The summed E-state index contributed by atoms with van der Waals surface area (Å²) in [6.07, 6.45) is 0. The van der Waals surface area contributed by atoms with Gasteiger partial charge in [0.15, 0.2) is 0 Å². The van der Waals surface area contributed by atoms with Crippen LogP contribution in [-0.4, -0.2) is 17.4 Å². The lowest BCUT2D eigenvalue weighted by molar-refractivity contribution is -0.113. The zero-order valence-electron chi connectivity index (χ0n) is 8.47. The second-order valence-electron chi connectivity index (χ2n) is 2.94. The predicted molar refractivity (Wildman–Crippen MR) is 70.7 cm³/mol. The van der Waals surface area contributed by atoms with Gasteiger partial charge in [0.1, 0.15) is 5.82 Å². The second-order valence-corrected chi connectivity index (χ2v) is 5.19. The number of amides is 1. The summed E-state index contributed by atoms with van der Waals surface area (Å²) < 4.78 is 13.3. The SMILES string of the molecule is N#CCSCC(=O)Nc1c(Cl)cc(F)cc1Br. The Kier molecular flexibility index (Phi) is 5.75. The average Bonchev–Trinajstić information content (AvgIpc) is 2.24. The van der Waals surface area contributed by atoms with Gasteiger partial charge < -0.3 is 5.32 Å². The Morgan fingerprint density at radius 1 is 1.65 bits per heavy atom. The molecular formula is C10H7BrClFN2OS. The minimum atomic E-state index is -0.487. The maximum absolute atomic E-state index is 12.9. The van der Waals surface area contributed by atoms with Crippen molar-refractivity contribution >= 4 is 50.9 Å². The number of carbonyl (C=O) groups is 1. The zero-order valence-corrected chi connectivity index (χ0v) is 11.6. The summed E-state index contributed by atoms with van der Waals surface area (Å²) >= 11 is 10.1. The van der Waals surface area contributed by atoms with E-state index in [0.717, 1.165) is 6.07 Å². The van der Waals surface area contributed by atoms with E-state index in [1.165, 1.54) is 17.8 Å². The molecule has 0 saturated heterocycles. The van der Waals surface area contributed by atoms with Gasteiger partial charge in [-0.2, -0.15) is 5.26 Å². The van der Waals surface area contributed by atoms with Gasteiger partial charge in [-0.05, 0) is 28.1 Å². The lowest BCUT2D eigenvalue weighted by Gasteiger charge is -2.09. The molecule has 0 fully saturated rings. The molecule has 17 heavy (non-hydrogen) atoms. The molecule has 1 rings (SSSR count). The first-order valence-electron chi connectivity index (χ1n) is 4.43. The summed E-state index contributed by atoms with van der Waals surface area (Å²) in [6.45, 7) is 0. The minimum Gasteiger partial charge on any atom is -0.323 e. The number of nitriles is 1. The quantitative estimate of drug-likeness (QED) is 0.856. The first kappa shape index (κ1) is 14.3. The van der Waals surface area contributed by atoms with Crippen LogP contribution in [0, 0.1) is 17.1 Å². The highest BCUT2D eigenvalue weighted by Gasteiger charge is 2.11. The standard InChI is InChI=1S/C10H7BrClFN2OS/c11-7-3-6(13)4-8(12)10(7)15-9(16)5-17-2-1-14/h3-4H,2,5H2,(H,15,16). The van der Waals surface area contributed by atoms with Crippen LogP contribution in [0.2, 0.25) is 5.02 Å². The molecule has 0 spiro atoms. The van der Waals surface area contributed by atoms with E-state index in [2.05, 4.69) is 21.2 Å². The summed E-state index contributed by atoms with van der Waals surface area (Å²) in [6, 6.07) is 4.24. The van der Waals surface area contributed by atoms with Crippen LogP contribution in [-0.2, 0) is 4.79 Å². The van der Waals surface area contributed by atoms with E-state index in [9.17, 15) is 9.18 Å². The van der Waals surface area contributed by atoms with Gasteiger partial charge in [0.05, 0.1) is 28.3 Å². The molecule has 0 heterocycles. The van der Waals surface area contributed by atoms with Crippen LogP contribution in [0.3, 0.4) is 0 Å². The van der Waals surface area contributed by atoms with Crippen molar-refractivity contribution in [3.05, 3.63) is 27.4 Å². The molecule has 0 aromatic heterocycles. The van der Waals surface area contributed by atoms with Gasteiger partial charge in [-0.25, -0.2) is 4.39 Å². The van der Waals surface area contributed by atoms with Crippen molar-refractivity contribution in [3.8, 4) is 6.07 Å². The Morgan fingerprint density at radius 2 is 2.35 bits per heavy atom. The van der Waals surface area contributed by atoms with Crippen LogP contribution in [0.15, 0.2) is 16.6 Å². The Labute approximate surface area is 115 Å². The van der Waals surface area contributed by atoms with E-state index in [1.807, 2.05) is 6.07 Å². The van der Waals surface area contributed by atoms with Gasteiger partial charge in [-0.1, -0.05) is 11.6 Å². The number of nitrogens with one attached hydrogen (secondary N) is 1. The van der Waals surface area contributed by atoms with Gasteiger partial charge in [-0.3, -0.25) is 4.79 Å². The highest BCUT2D eigenvalue weighted by molar-refractivity contribution is 9.10. The van der Waals surface area contributed by atoms with Gasteiger partial charge in [0.2, 0.25) is 5.91 Å². The van der Waals surface area contributed by atoms with Crippen LogP contribution in [0.5, 0.6) is 0 Å². The molecule has 3 nitrogen and oxygen atoms in total. The van der Waals surface area contributed by atoms with E-state index in [4.69, 9.17) is 16.9 Å². The third kappa shape index (κ3) is 4.54. The Hall–Kier alpha value is -0.770. The number of thioether (sulfide) groups is 1. The molecule has 0 radical (unpaired) electrons. The largest absolute Gasteiger partial charge is 0.323 e. The highest BCUT2D eigenvalue weighted by Crippen LogP contribution is 2.31. The molecule has 0 aliphatic carbocycles. The topological polar surface area (TPSA) is 52.9 Å². The Morgan fingerprint density at radius 3 is 2.94 bits per heavy atom. The smallest absolute Gasteiger partial charge is 0.234 e. The van der Waals surface area contributed by atoms with Crippen LogP contribution in [0.4, 0.5) is 10.1 Å². The first-order valence-corrected chi connectivity index (χ1v) is 6.76. The fourth-order valence-electron chi connectivity index (χ4n) is 1.03. The number of hydrogen-bond donors (Lipinski definition) is 1. The molecular weight excluding hydrogens is 331 g/mol. The van der Waals surface area contributed by atoms with E-state index in [-0.39, 0.29) is 22.4 Å². The molecule has 1 amide bonds. The van der Waals surface area contributed by atoms with Crippen molar-refractivity contribution in [3.63, 3.8) is 0 Å². The lowest BCUT2D eigenvalue weighted by Crippen LogP contribution is -2.15. The number of hydrogen-bond acceptors (Lipinski definition) is 3. The maximum Gasteiger partial charge on any atom is 0.234 e. The predicted octanol–water partition coefficient (Wildman–Crippen LogP) is 3.44. The van der Waals surface area contributed by atoms with Gasteiger partial charge in [0, 0.05) is 4.47 Å². The second kappa shape index (κ2) is 6.84. The van der Waals surface area contributed by atoms with Crippen molar-refractivity contribution in [2.45, 2.75) is 0 Å². The monoisotopic (exact) mass is 336 g/mol. The van der Waals surface area contributed by atoms with Crippen molar-refractivity contribution in [1.29, 1.82) is 5.26 Å². The molecule has 0 unspecified atom stereocenters. The minimum absolute atomic E-state index is 0.121. The lowest BCUT2D eigenvalue weighted by atomic mass is 10.3. The highest BCUT2D eigenvalue weighted by atomic mass is 79.9. The molecule has 1 aromatic carbocycles. The molecule has 0 saturated carbocycles. The molecule has 1 aromatic rings. The fraction of sp³-hybridized carbons (Fsp3) is 0.200. The molecule has 90 valence electrons. The Bertz CT molecular complexity index is 455. The third-order valence-electron chi connectivity index (χ3n) is 1.67. The summed E-state index contributed by atoms with van der Waals surface area (Å²) in [4.78, 5) is 11.5. The van der Waals surface area contributed by atoms with E-state index in [0.29, 0.717) is 10.2 Å². The van der Waals surface area contributed by atoms with Crippen LogP contribution < -0.4 is 5.32 Å². The molecule has 1 N–H and O–H groups in total. The average molecular weight is 338 g/mol. The van der Waals surface area contributed by atoms with Gasteiger partial charge in [-0.15, -0.1) is 11.8 Å². The summed E-state index contributed by atoms with van der Waals surface area (Å²) in [5.41, 5.74) is 0.329. The molecule has 0 aliphatic heterocycles. The van der Waals surface area contributed by atoms with Crippen LogP contribution in [0.1, 0.15) is 0 Å². The van der Waals surface area contributed by atoms with E-state index < -0.39 is 5.82 Å². The number of halogens is 3. The van der Waals surface area contributed by atoms with E-state index >= 15 is 0 Å². The van der Waals surface area contributed by atoms with Crippen LogP contribution in [0.25, 0.3) is 0 Å². The number of rotatable bonds is 4. The van der Waals surface area contributed by atoms with Crippen molar-refractivity contribution in [1.82, 2.24) is 0 Å².